The normalized spacial score (nSPS) is 18.7. The number of anilines is 2. The van der Waals surface area contributed by atoms with Crippen molar-refractivity contribution < 1.29 is 9.53 Å². The fraction of sp³-hybridized carbons (Fsp3) is 0.381. The van der Waals surface area contributed by atoms with Crippen molar-refractivity contribution in [1.29, 1.82) is 0 Å². The average Bonchev–Trinajstić information content (AvgIpc) is 2.96. The molecule has 0 N–H and O–H groups in total. The van der Waals surface area contributed by atoms with E-state index in [9.17, 15) is 4.79 Å². The Morgan fingerprint density at radius 1 is 1.16 bits per heavy atom. The first kappa shape index (κ1) is 16.0. The van der Waals surface area contributed by atoms with Crippen LogP contribution in [0.1, 0.15) is 24.5 Å². The van der Waals surface area contributed by atoms with E-state index in [1.165, 1.54) is 16.8 Å². The Hall–Kier alpha value is -2.49. The van der Waals surface area contributed by atoms with Crippen LogP contribution in [-0.4, -0.2) is 32.1 Å². The molecule has 2 aliphatic rings. The summed E-state index contributed by atoms with van der Waals surface area (Å²) in [5.74, 6) is 1.03. The lowest BCUT2D eigenvalue weighted by atomic mass is 10.0. The summed E-state index contributed by atoms with van der Waals surface area (Å²) in [4.78, 5) is 17.3. The molecule has 0 spiro atoms. The Kier molecular flexibility index (Phi) is 4.12. The second kappa shape index (κ2) is 6.43. The van der Waals surface area contributed by atoms with Crippen LogP contribution < -0.4 is 14.5 Å². The average molecular weight is 336 g/mol. The molecule has 0 aliphatic carbocycles. The van der Waals surface area contributed by atoms with Crippen LogP contribution in [-0.2, 0) is 17.6 Å². The summed E-state index contributed by atoms with van der Waals surface area (Å²) in [7, 11) is 1.68. The SMILES string of the molecule is COc1ccc2c(c1)CCCN2C(=O)CN1c2ccccc2C[C@H]1C. The number of nitrogens with zero attached hydrogens (tertiary/aromatic N) is 2. The first-order chi connectivity index (χ1) is 12.2. The molecule has 4 nitrogen and oxygen atoms in total. The highest BCUT2D eigenvalue weighted by Gasteiger charge is 2.30. The topological polar surface area (TPSA) is 32.8 Å². The van der Waals surface area contributed by atoms with Crippen molar-refractivity contribution in [2.75, 3.05) is 30.0 Å². The molecule has 1 amide bonds. The predicted molar refractivity (Wildman–Crippen MR) is 101 cm³/mol. The summed E-state index contributed by atoms with van der Waals surface area (Å²) in [6.45, 7) is 3.42. The fourth-order valence-electron chi connectivity index (χ4n) is 4.06. The van der Waals surface area contributed by atoms with E-state index in [0.717, 1.165) is 37.2 Å². The van der Waals surface area contributed by atoms with E-state index in [1.807, 2.05) is 17.0 Å². The summed E-state index contributed by atoms with van der Waals surface area (Å²) in [5, 5.41) is 0. The van der Waals surface area contributed by atoms with Gasteiger partial charge in [0, 0.05) is 24.0 Å². The maximum atomic E-state index is 13.1. The van der Waals surface area contributed by atoms with Crippen molar-refractivity contribution in [2.45, 2.75) is 32.2 Å². The Morgan fingerprint density at radius 3 is 2.84 bits per heavy atom. The van der Waals surface area contributed by atoms with Gasteiger partial charge in [-0.05, 0) is 61.6 Å². The maximum absolute atomic E-state index is 13.1. The summed E-state index contributed by atoms with van der Waals surface area (Å²) in [5.41, 5.74) is 4.79. The molecule has 130 valence electrons. The van der Waals surface area contributed by atoms with Gasteiger partial charge in [0.05, 0.1) is 13.7 Å². The van der Waals surface area contributed by atoms with Gasteiger partial charge in [-0.3, -0.25) is 4.79 Å². The highest BCUT2D eigenvalue weighted by atomic mass is 16.5. The van der Waals surface area contributed by atoms with Crippen LogP contribution in [0, 0.1) is 0 Å². The summed E-state index contributed by atoms with van der Waals surface area (Å²) in [6, 6.07) is 14.8. The molecule has 0 saturated heterocycles. The van der Waals surface area contributed by atoms with Gasteiger partial charge in [-0.2, -0.15) is 0 Å². The second-order valence-corrected chi connectivity index (χ2v) is 6.95. The molecule has 1 atom stereocenters. The molecule has 2 aliphatic heterocycles. The number of para-hydroxylation sites is 1. The molecule has 0 fully saturated rings. The van der Waals surface area contributed by atoms with Gasteiger partial charge in [-0.1, -0.05) is 18.2 Å². The number of hydrogen-bond acceptors (Lipinski definition) is 3. The smallest absolute Gasteiger partial charge is 0.246 e. The van der Waals surface area contributed by atoms with Gasteiger partial charge in [0.1, 0.15) is 5.75 Å². The van der Waals surface area contributed by atoms with E-state index in [-0.39, 0.29) is 5.91 Å². The number of aryl methyl sites for hydroxylation is 1. The lowest BCUT2D eigenvalue weighted by molar-refractivity contribution is -0.117. The zero-order valence-electron chi connectivity index (χ0n) is 14.9. The number of carbonyl (C=O) groups excluding carboxylic acids is 1. The number of benzene rings is 2. The lowest BCUT2D eigenvalue weighted by Gasteiger charge is -2.33. The number of rotatable bonds is 3. The molecular formula is C21H24N2O2. The number of methoxy groups -OCH3 is 1. The number of hydrogen-bond donors (Lipinski definition) is 0. The molecule has 0 unspecified atom stereocenters. The largest absolute Gasteiger partial charge is 0.497 e. The van der Waals surface area contributed by atoms with E-state index in [4.69, 9.17) is 4.74 Å². The Morgan fingerprint density at radius 2 is 2.00 bits per heavy atom. The molecule has 0 radical (unpaired) electrons. The standard InChI is InChI=1S/C21H24N2O2/c1-15-12-16-6-3-4-8-19(16)23(15)14-21(24)22-11-5-7-17-13-18(25-2)9-10-20(17)22/h3-4,6,8-10,13,15H,5,7,11-12,14H2,1-2H3/t15-/m1/s1. The van der Waals surface area contributed by atoms with Crippen molar-refractivity contribution in [3.63, 3.8) is 0 Å². The van der Waals surface area contributed by atoms with Gasteiger partial charge in [-0.15, -0.1) is 0 Å². The quantitative estimate of drug-likeness (QED) is 0.861. The predicted octanol–water partition coefficient (Wildman–Crippen LogP) is 3.43. The Labute approximate surface area is 149 Å². The molecule has 2 aromatic rings. The van der Waals surface area contributed by atoms with Crippen molar-refractivity contribution >= 4 is 17.3 Å². The minimum Gasteiger partial charge on any atom is -0.497 e. The first-order valence-electron chi connectivity index (χ1n) is 8.99. The third-order valence-corrected chi connectivity index (χ3v) is 5.36. The van der Waals surface area contributed by atoms with E-state index >= 15 is 0 Å². The van der Waals surface area contributed by atoms with Gasteiger partial charge in [-0.25, -0.2) is 0 Å². The maximum Gasteiger partial charge on any atom is 0.246 e. The molecule has 0 bridgehead atoms. The summed E-state index contributed by atoms with van der Waals surface area (Å²) >= 11 is 0. The van der Waals surface area contributed by atoms with E-state index in [2.05, 4.69) is 42.2 Å². The zero-order valence-corrected chi connectivity index (χ0v) is 14.9. The second-order valence-electron chi connectivity index (χ2n) is 6.95. The molecule has 0 aromatic heterocycles. The third-order valence-electron chi connectivity index (χ3n) is 5.36. The van der Waals surface area contributed by atoms with Crippen molar-refractivity contribution in [1.82, 2.24) is 0 Å². The van der Waals surface area contributed by atoms with Gasteiger partial charge in [0.2, 0.25) is 5.91 Å². The Balaban J connectivity index is 1.57. The highest BCUT2D eigenvalue weighted by molar-refractivity contribution is 5.98. The molecule has 4 heteroatoms. The van der Waals surface area contributed by atoms with Gasteiger partial charge >= 0.3 is 0 Å². The van der Waals surface area contributed by atoms with Gasteiger partial charge in [0.15, 0.2) is 0 Å². The van der Waals surface area contributed by atoms with Crippen LogP contribution in [0.15, 0.2) is 42.5 Å². The summed E-state index contributed by atoms with van der Waals surface area (Å²) in [6.07, 6.45) is 3.01. The minimum atomic E-state index is 0.176. The van der Waals surface area contributed by atoms with Crippen LogP contribution in [0.5, 0.6) is 5.75 Å². The number of carbonyl (C=O) groups is 1. The fourth-order valence-corrected chi connectivity index (χ4v) is 4.06. The molecular weight excluding hydrogens is 312 g/mol. The van der Waals surface area contributed by atoms with Crippen LogP contribution in [0.3, 0.4) is 0 Å². The van der Waals surface area contributed by atoms with E-state index < -0.39 is 0 Å². The van der Waals surface area contributed by atoms with Crippen molar-refractivity contribution in [3.05, 3.63) is 53.6 Å². The van der Waals surface area contributed by atoms with Crippen molar-refractivity contribution in [2.24, 2.45) is 0 Å². The highest BCUT2D eigenvalue weighted by Crippen LogP contribution is 2.33. The lowest BCUT2D eigenvalue weighted by Crippen LogP contribution is -2.44. The third kappa shape index (κ3) is 2.86. The van der Waals surface area contributed by atoms with Crippen LogP contribution >= 0.6 is 0 Å². The van der Waals surface area contributed by atoms with Crippen LogP contribution in [0.4, 0.5) is 11.4 Å². The van der Waals surface area contributed by atoms with Crippen LogP contribution in [0.2, 0.25) is 0 Å². The first-order valence-corrected chi connectivity index (χ1v) is 8.99. The summed E-state index contributed by atoms with van der Waals surface area (Å²) < 4.78 is 5.33. The molecule has 2 aromatic carbocycles. The number of ether oxygens (including phenoxy) is 1. The Bertz CT molecular complexity index is 802. The monoisotopic (exact) mass is 336 g/mol. The van der Waals surface area contributed by atoms with Gasteiger partial charge in [0.25, 0.3) is 0 Å². The molecule has 2 heterocycles. The van der Waals surface area contributed by atoms with Gasteiger partial charge < -0.3 is 14.5 Å². The number of fused-ring (bicyclic) bond motifs is 2. The van der Waals surface area contributed by atoms with E-state index in [1.54, 1.807) is 7.11 Å². The zero-order chi connectivity index (χ0) is 17.4. The molecule has 25 heavy (non-hydrogen) atoms. The minimum absolute atomic E-state index is 0.176. The van der Waals surface area contributed by atoms with E-state index in [0.29, 0.717) is 12.6 Å². The molecule has 0 saturated carbocycles. The van der Waals surface area contributed by atoms with Crippen LogP contribution in [0.25, 0.3) is 0 Å². The molecule has 4 rings (SSSR count). The number of amides is 1. The van der Waals surface area contributed by atoms with Crippen molar-refractivity contribution in [3.8, 4) is 5.75 Å².